The summed E-state index contributed by atoms with van der Waals surface area (Å²) >= 11 is 6.16. The van der Waals surface area contributed by atoms with Crippen LogP contribution in [-0.4, -0.2) is 35.4 Å². The Morgan fingerprint density at radius 2 is 1.70 bits per heavy atom. The number of methoxy groups -OCH3 is 3. The maximum Gasteiger partial charge on any atom is 0.322 e. The maximum atomic E-state index is 14.4. The average molecular weight is 472 g/mol. The highest BCUT2D eigenvalue weighted by Gasteiger charge is 2.20. The molecule has 2 heterocycles. The third-order valence-corrected chi connectivity index (χ3v) is 5.53. The number of benzene rings is 2. The normalized spacial score (nSPS) is 10.9. The SMILES string of the molecule is COc1ccc2c(n1)n(-c1ccc(OC)c(OC)c1)c(=O)c(=O)n2Cc1c(F)cccc1Cl. The number of hydrogen-bond acceptors (Lipinski definition) is 6. The first-order chi connectivity index (χ1) is 15.9. The molecule has 0 amide bonds. The lowest BCUT2D eigenvalue weighted by Gasteiger charge is -2.17. The van der Waals surface area contributed by atoms with Crippen molar-refractivity contribution < 1.29 is 18.6 Å². The van der Waals surface area contributed by atoms with E-state index in [4.69, 9.17) is 25.8 Å². The van der Waals surface area contributed by atoms with Gasteiger partial charge in [0.2, 0.25) is 5.88 Å². The predicted octanol–water partition coefficient (Wildman–Crippen LogP) is 3.41. The summed E-state index contributed by atoms with van der Waals surface area (Å²) in [6, 6.07) is 12.1. The van der Waals surface area contributed by atoms with Crippen molar-refractivity contribution in [3.05, 3.63) is 85.6 Å². The van der Waals surface area contributed by atoms with E-state index in [-0.39, 0.29) is 34.2 Å². The van der Waals surface area contributed by atoms with E-state index in [1.54, 1.807) is 30.3 Å². The number of aromatic nitrogens is 3. The zero-order valence-corrected chi connectivity index (χ0v) is 18.7. The molecule has 0 fully saturated rings. The molecule has 0 N–H and O–H groups in total. The molecule has 33 heavy (non-hydrogen) atoms. The van der Waals surface area contributed by atoms with Gasteiger partial charge in [-0.25, -0.2) is 4.39 Å². The molecule has 0 saturated carbocycles. The maximum absolute atomic E-state index is 14.4. The molecular weight excluding hydrogens is 453 g/mol. The van der Waals surface area contributed by atoms with Gasteiger partial charge >= 0.3 is 11.1 Å². The van der Waals surface area contributed by atoms with Crippen LogP contribution in [0.2, 0.25) is 5.02 Å². The highest BCUT2D eigenvalue weighted by atomic mass is 35.5. The van der Waals surface area contributed by atoms with Crippen molar-refractivity contribution in [3.8, 4) is 23.1 Å². The van der Waals surface area contributed by atoms with Crippen molar-refractivity contribution in [3.63, 3.8) is 0 Å². The molecule has 0 bridgehead atoms. The van der Waals surface area contributed by atoms with E-state index < -0.39 is 16.9 Å². The lowest BCUT2D eigenvalue weighted by atomic mass is 10.2. The van der Waals surface area contributed by atoms with Gasteiger partial charge in [-0.3, -0.25) is 18.7 Å². The topological polar surface area (TPSA) is 84.6 Å². The molecule has 2 aromatic carbocycles. The second-order valence-electron chi connectivity index (χ2n) is 6.97. The van der Waals surface area contributed by atoms with Gasteiger partial charge in [-0.15, -0.1) is 0 Å². The third-order valence-electron chi connectivity index (χ3n) is 5.18. The Labute approximate surface area is 192 Å². The lowest BCUT2D eigenvalue weighted by Crippen LogP contribution is -2.41. The van der Waals surface area contributed by atoms with Crippen LogP contribution >= 0.6 is 11.6 Å². The van der Waals surface area contributed by atoms with E-state index in [9.17, 15) is 14.0 Å². The first-order valence-electron chi connectivity index (χ1n) is 9.75. The molecule has 0 atom stereocenters. The number of halogens is 2. The molecule has 10 heteroatoms. The van der Waals surface area contributed by atoms with Crippen molar-refractivity contribution >= 4 is 22.8 Å². The molecule has 0 unspecified atom stereocenters. The van der Waals surface area contributed by atoms with Crippen molar-refractivity contribution in [2.45, 2.75) is 6.54 Å². The van der Waals surface area contributed by atoms with Crippen LogP contribution in [0.1, 0.15) is 5.56 Å². The van der Waals surface area contributed by atoms with Gasteiger partial charge in [0.25, 0.3) is 0 Å². The molecule has 0 aliphatic heterocycles. The van der Waals surface area contributed by atoms with Gasteiger partial charge in [-0.2, -0.15) is 4.98 Å². The first-order valence-corrected chi connectivity index (χ1v) is 10.1. The van der Waals surface area contributed by atoms with Gasteiger partial charge in [0, 0.05) is 22.7 Å². The fraction of sp³-hybridized carbons (Fsp3) is 0.174. The fourth-order valence-corrected chi connectivity index (χ4v) is 3.75. The zero-order chi connectivity index (χ0) is 23.7. The number of pyridine rings is 1. The average Bonchev–Trinajstić information content (AvgIpc) is 2.83. The summed E-state index contributed by atoms with van der Waals surface area (Å²) in [4.78, 5) is 30.9. The molecule has 170 valence electrons. The summed E-state index contributed by atoms with van der Waals surface area (Å²) in [6.45, 7) is -0.253. The van der Waals surface area contributed by atoms with E-state index in [0.717, 1.165) is 9.13 Å². The number of rotatable bonds is 6. The highest BCUT2D eigenvalue weighted by molar-refractivity contribution is 6.31. The summed E-state index contributed by atoms with van der Waals surface area (Å²) in [5, 5.41) is 0.139. The smallest absolute Gasteiger partial charge is 0.322 e. The minimum Gasteiger partial charge on any atom is -0.493 e. The Bertz CT molecular complexity index is 1460. The molecule has 0 aliphatic carbocycles. The minimum atomic E-state index is -0.886. The van der Waals surface area contributed by atoms with Crippen LogP contribution in [0.25, 0.3) is 16.9 Å². The Balaban J connectivity index is 2.04. The standard InChI is InChI=1S/C23H19ClFN3O5/c1-31-18-9-7-13(11-19(18)32-2)28-21-17(8-10-20(26-21)33-3)27(22(29)23(28)30)12-14-15(24)5-4-6-16(14)25/h4-11H,12H2,1-3H3. The molecule has 4 rings (SSSR count). The van der Waals surface area contributed by atoms with E-state index >= 15 is 0 Å². The predicted molar refractivity (Wildman–Crippen MR) is 122 cm³/mol. The Kier molecular flexibility index (Phi) is 6.06. The van der Waals surface area contributed by atoms with Gasteiger partial charge in [0.05, 0.1) is 39.1 Å². The molecule has 0 saturated heterocycles. The molecule has 4 aromatic rings. The van der Waals surface area contributed by atoms with E-state index in [2.05, 4.69) is 4.98 Å². The Hall–Kier alpha value is -3.85. The summed E-state index contributed by atoms with van der Waals surface area (Å²) in [6.07, 6.45) is 0. The van der Waals surface area contributed by atoms with Crippen LogP contribution in [0.3, 0.4) is 0 Å². The summed E-state index contributed by atoms with van der Waals surface area (Å²) < 4.78 is 32.5. The first kappa shape index (κ1) is 22.3. The zero-order valence-electron chi connectivity index (χ0n) is 18.0. The Morgan fingerprint density at radius 3 is 2.36 bits per heavy atom. The van der Waals surface area contributed by atoms with Crippen LogP contribution in [-0.2, 0) is 6.54 Å². The molecule has 0 radical (unpaired) electrons. The number of fused-ring (bicyclic) bond motifs is 1. The van der Waals surface area contributed by atoms with Crippen molar-refractivity contribution in [2.75, 3.05) is 21.3 Å². The number of ether oxygens (including phenoxy) is 3. The van der Waals surface area contributed by atoms with Crippen LogP contribution in [0, 0.1) is 5.82 Å². The lowest BCUT2D eigenvalue weighted by molar-refractivity contribution is 0.355. The van der Waals surface area contributed by atoms with E-state index in [1.807, 2.05) is 0 Å². The summed E-state index contributed by atoms with van der Waals surface area (Å²) in [5.41, 5.74) is -0.919. The van der Waals surface area contributed by atoms with Gasteiger partial charge < -0.3 is 14.2 Å². The summed E-state index contributed by atoms with van der Waals surface area (Å²) in [5.74, 6) is 0.449. The fourth-order valence-electron chi connectivity index (χ4n) is 3.53. The van der Waals surface area contributed by atoms with Gasteiger partial charge in [-0.05, 0) is 30.3 Å². The second kappa shape index (κ2) is 8.95. The van der Waals surface area contributed by atoms with E-state index in [0.29, 0.717) is 17.2 Å². The van der Waals surface area contributed by atoms with Crippen LogP contribution < -0.4 is 25.3 Å². The van der Waals surface area contributed by atoms with Crippen molar-refractivity contribution in [1.29, 1.82) is 0 Å². The quantitative estimate of drug-likeness (QED) is 0.401. The molecule has 2 aromatic heterocycles. The molecule has 8 nitrogen and oxygen atoms in total. The molecular formula is C23H19ClFN3O5. The number of nitrogens with zero attached hydrogens (tertiary/aromatic N) is 3. The van der Waals surface area contributed by atoms with Gasteiger partial charge in [-0.1, -0.05) is 17.7 Å². The van der Waals surface area contributed by atoms with Crippen LogP contribution in [0.4, 0.5) is 4.39 Å². The van der Waals surface area contributed by atoms with Gasteiger partial charge in [0.15, 0.2) is 17.1 Å². The van der Waals surface area contributed by atoms with Gasteiger partial charge in [0.1, 0.15) is 5.82 Å². The Morgan fingerprint density at radius 1 is 0.939 bits per heavy atom. The highest BCUT2D eigenvalue weighted by Crippen LogP contribution is 2.30. The minimum absolute atomic E-state index is 0.0849. The monoisotopic (exact) mass is 471 g/mol. The van der Waals surface area contributed by atoms with E-state index in [1.165, 1.54) is 39.5 Å². The van der Waals surface area contributed by atoms with Crippen LogP contribution in [0.15, 0.2) is 58.1 Å². The van der Waals surface area contributed by atoms with Crippen LogP contribution in [0.5, 0.6) is 17.4 Å². The largest absolute Gasteiger partial charge is 0.493 e. The molecule has 0 aliphatic rings. The third kappa shape index (κ3) is 3.91. The van der Waals surface area contributed by atoms with Crippen molar-refractivity contribution in [2.24, 2.45) is 0 Å². The number of hydrogen-bond donors (Lipinski definition) is 0. The van der Waals surface area contributed by atoms with Crippen molar-refractivity contribution in [1.82, 2.24) is 14.1 Å². The second-order valence-corrected chi connectivity index (χ2v) is 7.37. The summed E-state index contributed by atoms with van der Waals surface area (Å²) in [7, 11) is 4.38. The molecule has 0 spiro atoms.